The number of aromatic amines is 1. The van der Waals surface area contributed by atoms with Gasteiger partial charge in [0, 0.05) is 28.3 Å². The largest absolute Gasteiger partial charge is 0.290 e. The van der Waals surface area contributed by atoms with E-state index < -0.39 is 10.5 Å². The maximum Gasteiger partial charge on any atom is 0.271 e. The van der Waals surface area contributed by atoms with Gasteiger partial charge in [-0.05, 0) is 6.07 Å². The average Bonchev–Trinajstić information content (AvgIpc) is 2.68. The SMILES string of the molecule is N#Cc1c(-c2ccccc2)nc(NN=Cc2cc(Cl)cc([N+](=O)[O-])c2)[nH]c1=O. The van der Waals surface area contributed by atoms with Crippen molar-refractivity contribution in [2.24, 2.45) is 5.10 Å². The number of nitro benzene ring substituents is 1. The summed E-state index contributed by atoms with van der Waals surface area (Å²) in [6, 6.07) is 14.6. The Balaban J connectivity index is 1.91. The summed E-state index contributed by atoms with van der Waals surface area (Å²) in [6.07, 6.45) is 1.29. The van der Waals surface area contributed by atoms with Gasteiger partial charge in [0.1, 0.15) is 11.6 Å². The molecule has 3 aromatic rings. The summed E-state index contributed by atoms with van der Waals surface area (Å²) >= 11 is 5.86. The number of nitrogens with one attached hydrogen (secondary N) is 2. The number of non-ortho nitro benzene ring substituents is 1. The molecule has 9 nitrogen and oxygen atoms in total. The van der Waals surface area contributed by atoms with Gasteiger partial charge in [-0.15, -0.1) is 0 Å². The van der Waals surface area contributed by atoms with Crippen molar-refractivity contribution in [2.45, 2.75) is 0 Å². The number of rotatable bonds is 5. The Hall–Kier alpha value is -4.03. The maximum absolute atomic E-state index is 12.2. The van der Waals surface area contributed by atoms with E-state index in [4.69, 9.17) is 11.6 Å². The van der Waals surface area contributed by atoms with Crippen molar-refractivity contribution >= 4 is 29.5 Å². The summed E-state index contributed by atoms with van der Waals surface area (Å²) < 4.78 is 0. The van der Waals surface area contributed by atoms with Gasteiger partial charge >= 0.3 is 0 Å². The fraction of sp³-hybridized carbons (Fsp3) is 0. The van der Waals surface area contributed by atoms with Gasteiger partial charge in [-0.3, -0.25) is 19.9 Å². The smallest absolute Gasteiger partial charge is 0.271 e. The predicted molar refractivity (Wildman–Crippen MR) is 104 cm³/mol. The number of H-pyrrole nitrogens is 1. The van der Waals surface area contributed by atoms with E-state index in [2.05, 4.69) is 20.5 Å². The zero-order valence-corrected chi connectivity index (χ0v) is 14.8. The van der Waals surface area contributed by atoms with Crippen LogP contribution in [-0.4, -0.2) is 21.1 Å². The van der Waals surface area contributed by atoms with Crippen LogP contribution >= 0.6 is 11.6 Å². The molecular formula is C18H11ClN6O3. The lowest BCUT2D eigenvalue weighted by Crippen LogP contribution is -2.16. The molecule has 10 heteroatoms. The van der Waals surface area contributed by atoms with Crippen LogP contribution in [0.5, 0.6) is 0 Å². The lowest BCUT2D eigenvalue weighted by Gasteiger charge is -2.06. The fourth-order valence-corrected chi connectivity index (χ4v) is 2.62. The lowest BCUT2D eigenvalue weighted by molar-refractivity contribution is -0.384. The molecule has 0 fully saturated rings. The predicted octanol–water partition coefficient (Wildman–Crippen LogP) is 3.32. The normalized spacial score (nSPS) is 10.6. The minimum absolute atomic E-state index is 0.00984. The van der Waals surface area contributed by atoms with Crippen LogP contribution in [0.4, 0.5) is 11.6 Å². The minimum Gasteiger partial charge on any atom is -0.290 e. The molecule has 1 heterocycles. The van der Waals surface area contributed by atoms with Crippen LogP contribution < -0.4 is 11.0 Å². The topological polar surface area (TPSA) is 137 Å². The molecule has 0 spiro atoms. The Bertz CT molecular complexity index is 1170. The van der Waals surface area contributed by atoms with Gasteiger partial charge in [-0.2, -0.15) is 10.4 Å². The number of benzene rings is 2. The molecule has 0 aliphatic carbocycles. The Morgan fingerprint density at radius 2 is 2.04 bits per heavy atom. The summed E-state index contributed by atoms with van der Waals surface area (Å²) in [5.74, 6) is 0.00984. The first-order valence-electron chi connectivity index (χ1n) is 7.82. The number of halogens is 1. The van der Waals surface area contributed by atoms with Gasteiger partial charge in [0.05, 0.1) is 16.8 Å². The van der Waals surface area contributed by atoms with E-state index in [0.29, 0.717) is 11.1 Å². The van der Waals surface area contributed by atoms with Crippen LogP contribution in [-0.2, 0) is 0 Å². The molecule has 1 aromatic heterocycles. The van der Waals surface area contributed by atoms with Crippen LogP contribution in [0.3, 0.4) is 0 Å². The molecule has 0 aliphatic rings. The van der Waals surface area contributed by atoms with Crippen LogP contribution in [0.25, 0.3) is 11.3 Å². The van der Waals surface area contributed by atoms with Crippen molar-refractivity contribution in [2.75, 3.05) is 5.43 Å². The molecular weight excluding hydrogens is 384 g/mol. The van der Waals surface area contributed by atoms with Gasteiger partial charge in [0.25, 0.3) is 11.2 Å². The Kier molecular flexibility index (Phi) is 5.43. The van der Waals surface area contributed by atoms with Gasteiger partial charge in [-0.1, -0.05) is 41.9 Å². The monoisotopic (exact) mass is 394 g/mol. The van der Waals surface area contributed by atoms with Crippen LogP contribution in [0.2, 0.25) is 5.02 Å². The molecule has 2 N–H and O–H groups in total. The average molecular weight is 395 g/mol. The number of nitriles is 1. The van der Waals surface area contributed by atoms with Crippen LogP contribution in [0.15, 0.2) is 58.4 Å². The maximum atomic E-state index is 12.2. The highest BCUT2D eigenvalue weighted by molar-refractivity contribution is 6.31. The molecule has 28 heavy (non-hydrogen) atoms. The number of hydrazone groups is 1. The number of nitrogens with zero attached hydrogens (tertiary/aromatic N) is 4. The fourth-order valence-electron chi connectivity index (χ4n) is 2.38. The van der Waals surface area contributed by atoms with Crippen molar-refractivity contribution in [1.29, 1.82) is 5.26 Å². The molecule has 0 saturated carbocycles. The highest BCUT2D eigenvalue weighted by Crippen LogP contribution is 2.21. The zero-order valence-electron chi connectivity index (χ0n) is 14.1. The minimum atomic E-state index is -0.618. The number of aromatic nitrogens is 2. The van der Waals surface area contributed by atoms with Crippen molar-refractivity contribution in [1.82, 2.24) is 9.97 Å². The zero-order chi connectivity index (χ0) is 20.1. The van der Waals surface area contributed by atoms with E-state index in [0.717, 1.165) is 0 Å². The summed E-state index contributed by atoms with van der Waals surface area (Å²) in [6.45, 7) is 0. The number of anilines is 1. The summed E-state index contributed by atoms with van der Waals surface area (Å²) in [7, 11) is 0. The first-order chi connectivity index (χ1) is 13.5. The van der Waals surface area contributed by atoms with Crippen LogP contribution in [0, 0.1) is 21.4 Å². The van der Waals surface area contributed by atoms with Crippen molar-refractivity contribution in [3.05, 3.63) is 85.1 Å². The van der Waals surface area contributed by atoms with Crippen LogP contribution in [0.1, 0.15) is 11.1 Å². The first kappa shape index (κ1) is 18.8. The Morgan fingerprint density at radius 1 is 1.29 bits per heavy atom. The molecule has 3 rings (SSSR count). The first-order valence-corrected chi connectivity index (χ1v) is 8.19. The van der Waals surface area contributed by atoms with Gasteiger partial charge in [0.2, 0.25) is 5.95 Å². The summed E-state index contributed by atoms with van der Waals surface area (Å²) in [5.41, 5.74) is 2.82. The molecule has 0 amide bonds. The highest BCUT2D eigenvalue weighted by atomic mass is 35.5. The number of nitro groups is 1. The Morgan fingerprint density at radius 3 is 2.71 bits per heavy atom. The molecule has 0 radical (unpaired) electrons. The lowest BCUT2D eigenvalue weighted by atomic mass is 10.1. The molecule has 2 aromatic carbocycles. The third-order valence-electron chi connectivity index (χ3n) is 3.58. The number of hydrogen-bond donors (Lipinski definition) is 2. The molecule has 0 aliphatic heterocycles. The summed E-state index contributed by atoms with van der Waals surface area (Å²) in [5, 5.41) is 24.2. The van der Waals surface area contributed by atoms with Gasteiger partial charge in [-0.25, -0.2) is 10.4 Å². The standard InChI is InChI=1S/C18H11ClN6O3/c19-13-6-11(7-14(8-13)25(27)28)10-21-24-18-22-16(12-4-2-1-3-5-12)15(9-20)17(26)23-18/h1-8,10H,(H2,22,23,24,26). The molecule has 0 saturated heterocycles. The third kappa shape index (κ3) is 4.20. The molecule has 0 bridgehead atoms. The van der Waals surface area contributed by atoms with Crippen molar-refractivity contribution in [3.63, 3.8) is 0 Å². The second-order valence-electron chi connectivity index (χ2n) is 5.49. The van der Waals surface area contributed by atoms with Gasteiger partial charge in [0.15, 0.2) is 0 Å². The van der Waals surface area contributed by atoms with E-state index in [1.165, 1.54) is 24.4 Å². The van der Waals surface area contributed by atoms with Crippen molar-refractivity contribution in [3.8, 4) is 17.3 Å². The van der Waals surface area contributed by atoms with E-state index in [-0.39, 0.29) is 27.9 Å². The van der Waals surface area contributed by atoms with E-state index >= 15 is 0 Å². The summed E-state index contributed by atoms with van der Waals surface area (Å²) in [4.78, 5) is 29.1. The molecule has 138 valence electrons. The third-order valence-corrected chi connectivity index (χ3v) is 3.80. The van der Waals surface area contributed by atoms with E-state index in [1.807, 2.05) is 6.07 Å². The highest BCUT2D eigenvalue weighted by Gasteiger charge is 2.13. The second kappa shape index (κ2) is 8.11. The molecule has 0 atom stereocenters. The number of hydrogen-bond acceptors (Lipinski definition) is 7. The second-order valence-corrected chi connectivity index (χ2v) is 5.92. The van der Waals surface area contributed by atoms with Gasteiger partial charge < -0.3 is 0 Å². The van der Waals surface area contributed by atoms with E-state index in [9.17, 15) is 20.2 Å². The Labute approximate surface area is 163 Å². The van der Waals surface area contributed by atoms with E-state index in [1.54, 1.807) is 30.3 Å². The molecule has 0 unspecified atom stereocenters. The van der Waals surface area contributed by atoms with Crippen molar-refractivity contribution < 1.29 is 4.92 Å². The quantitative estimate of drug-likeness (QED) is 0.387.